The minimum Gasteiger partial charge on any atom is -0.459 e. The molecule has 5 rings (SSSR count). The predicted molar refractivity (Wildman–Crippen MR) is 149 cm³/mol. The van der Waals surface area contributed by atoms with Gasteiger partial charge in [0.15, 0.2) is 5.76 Å². The van der Waals surface area contributed by atoms with Gasteiger partial charge in [0.2, 0.25) is 5.91 Å². The van der Waals surface area contributed by atoms with E-state index in [1.165, 1.54) is 23.3 Å². The van der Waals surface area contributed by atoms with E-state index < -0.39 is 5.82 Å². The van der Waals surface area contributed by atoms with Gasteiger partial charge in [0, 0.05) is 44.1 Å². The van der Waals surface area contributed by atoms with Crippen molar-refractivity contribution >= 4 is 29.1 Å². The molecule has 1 N–H and O–H groups in total. The normalized spacial score (nSPS) is 13.1. The summed E-state index contributed by atoms with van der Waals surface area (Å²) in [6.45, 7) is 2.29. The molecule has 40 heavy (non-hydrogen) atoms. The van der Waals surface area contributed by atoms with Gasteiger partial charge in [-0.05, 0) is 54.1 Å². The van der Waals surface area contributed by atoms with Crippen molar-refractivity contribution in [2.45, 2.75) is 6.54 Å². The summed E-state index contributed by atoms with van der Waals surface area (Å²) >= 11 is 0. The maximum absolute atomic E-state index is 14.0. The van der Waals surface area contributed by atoms with Gasteiger partial charge in [-0.15, -0.1) is 0 Å². The van der Waals surface area contributed by atoms with Crippen LogP contribution in [0.5, 0.6) is 0 Å². The number of furan rings is 1. The monoisotopic (exact) mass is 540 g/mol. The van der Waals surface area contributed by atoms with Gasteiger partial charge in [0.05, 0.1) is 11.8 Å². The smallest absolute Gasteiger partial charge is 0.290 e. The third-order valence-corrected chi connectivity index (χ3v) is 6.76. The van der Waals surface area contributed by atoms with E-state index in [2.05, 4.69) is 10.2 Å². The molecule has 0 unspecified atom stereocenters. The third-order valence-electron chi connectivity index (χ3n) is 6.76. The van der Waals surface area contributed by atoms with Crippen LogP contribution in [0.3, 0.4) is 0 Å². The molecule has 0 radical (unpaired) electrons. The largest absolute Gasteiger partial charge is 0.459 e. The molecule has 1 aromatic heterocycles. The number of halogens is 1. The van der Waals surface area contributed by atoms with Crippen LogP contribution < -0.4 is 10.2 Å². The summed E-state index contributed by atoms with van der Waals surface area (Å²) < 4.78 is 19.3. The first-order valence-corrected chi connectivity index (χ1v) is 13.0. The Morgan fingerprint density at radius 2 is 1.52 bits per heavy atom. The molecule has 3 aromatic carbocycles. The Morgan fingerprint density at radius 1 is 0.825 bits per heavy atom. The Morgan fingerprint density at radius 3 is 2.20 bits per heavy atom. The summed E-state index contributed by atoms with van der Waals surface area (Å²) in [4.78, 5) is 43.8. The van der Waals surface area contributed by atoms with Crippen molar-refractivity contribution in [1.29, 1.82) is 0 Å². The zero-order valence-electron chi connectivity index (χ0n) is 21.8. The molecule has 0 aliphatic carbocycles. The number of hydrogen-bond donors (Lipinski definition) is 1. The topological polar surface area (TPSA) is 86.1 Å². The van der Waals surface area contributed by atoms with Gasteiger partial charge in [-0.25, -0.2) is 4.39 Å². The molecule has 1 fully saturated rings. The number of anilines is 2. The lowest BCUT2D eigenvalue weighted by molar-refractivity contribution is -0.117. The van der Waals surface area contributed by atoms with E-state index in [0.29, 0.717) is 31.9 Å². The summed E-state index contributed by atoms with van der Waals surface area (Å²) in [5.41, 5.74) is 2.54. The highest BCUT2D eigenvalue weighted by Gasteiger charge is 2.24. The molecule has 0 atom stereocenters. The van der Waals surface area contributed by atoms with Crippen LogP contribution in [-0.4, -0.2) is 60.2 Å². The van der Waals surface area contributed by atoms with Crippen molar-refractivity contribution in [2.75, 3.05) is 42.9 Å². The van der Waals surface area contributed by atoms with Crippen molar-refractivity contribution in [3.63, 3.8) is 0 Å². The quantitative estimate of drug-likeness (QED) is 0.351. The average molecular weight is 541 g/mol. The van der Waals surface area contributed by atoms with Crippen LogP contribution in [0.25, 0.3) is 0 Å². The van der Waals surface area contributed by atoms with Gasteiger partial charge < -0.3 is 24.4 Å². The van der Waals surface area contributed by atoms with Gasteiger partial charge in [-0.3, -0.25) is 14.4 Å². The summed E-state index contributed by atoms with van der Waals surface area (Å²) in [5.74, 6) is -1.34. The first kappa shape index (κ1) is 26.7. The second-order valence-electron chi connectivity index (χ2n) is 9.48. The molecule has 0 bridgehead atoms. The molecule has 0 spiro atoms. The summed E-state index contributed by atoms with van der Waals surface area (Å²) in [5, 5.41) is 2.86. The maximum Gasteiger partial charge on any atom is 0.290 e. The summed E-state index contributed by atoms with van der Waals surface area (Å²) in [6.07, 6.45) is 1.43. The van der Waals surface area contributed by atoms with E-state index in [1.807, 2.05) is 42.5 Å². The standard InChI is InChI=1S/C31H29FN4O4/c32-27-10-5-4-9-26(27)30(38)35-18-16-34(17-19-35)25-14-12-24(13-15-25)33-29(37)22-36(21-23-7-2-1-3-8-23)31(39)28-11-6-20-40-28/h1-15,20H,16-19,21-22H2,(H,33,37). The Balaban J connectivity index is 1.17. The molecular weight excluding hydrogens is 511 g/mol. The Bertz CT molecular complexity index is 1450. The second kappa shape index (κ2) is 12.3. The number of nitrogens with zero attached hydrogens (tertiary/aromatic N) is 3. The molecule has 3 amide bonds. The molecule has 1 saturated heterocycles. The molecule has 1 aliphatic rings. The molecule has 4 aromatic rings. The maximum atomic E-state index is 14.0. The molecular formula is C31H29FN4O4. The predicted octanol–water partition coefficient (Wildman–Crippen LogP) is 4.66. The van der Waals surface area contributed by atoms with E-state index in [4.69, 9.17) is 4.42 Å². The summed E-state index contributed by atoms with van der Waals surface area (Å²) in [7, 11) is 0. The van der Waals surface area contributed by atoms with Gasteiger partial charge in [0.1, 0.15) is 12.4 Å². The third kappa shape index (κ3) is 6.37. The number of amides is 3. The minimum absolute atomic E-state index is 0.0873. The van der Waals surface area contributed by atoms with E-state index >= 15 is 0 Å². The lowest BCUT2D eigenvalue weighted by Gasteiger charge is -2.36. The Kier molecular flexibility index (Phi) is 8.20. The van der Waals surface area contributed by atoms with Gasteiger partial charge >= 0.3 is 0 Å². The molecule has 1 aliphatic heterocycles. The average Bonchev–Trinajstić information content (AvgIpc) is 3.53. The second-order valence-corrected chi connectivity index (χ2v) is 9.48. The molecule has 0 saturated carbocycles. The van der Waals surface area contributed by atoms with Crippen LogP contribution in [0.2, 0.25) is 0 Å². The first-order valence-electron chi connectivity index (χ1n) is 13.0. The number of benzene rings is 3. The highest BCUT2D eigenvalue weighted by Crippen LogP contribution is 2.21. The van der Waals surface area contributed by atoms with E-state index in [1.54, 1.807) is 41.3 Å². The van der Waals surface area contributed by atoms with E-state index in [0.717, 1.165) is 11.3 Å². The lowest BCUT2D eigenvalue weighted by Crippen LogP contribution is -2.49. The molecule has 2 heterocycles. The van der Waals surface area contributed by atoms with Crippen LogP contribution in [0, 0.1) is 5.82 Å². The lowest BCUT2D eigenvalue weighted by atomic mass is 10.1. The van der Waals surface area contributed by atoms with E-state index in [-0.39, 0.29) is 42.1 Å². The number of nitrogens with one attached hydrogen (secondary N) is 1. The first-order chi connectivity index (χ1) is 19.5. The fourth-order valence-electron chi connectivity index (χ4n) is 4.66. The van der Waals surface area contributed by atoms with Crippen molar-refractivity contribution in [3.05, 3.63) is 120 Å². The van der Waals surface area contributed by atoms with Crippen LogP contribution >= 0.6 is 0 Å². The van der Waals surface area contributed by atoms with Crippen LogP contribution in [-0.2, 0) is 11.3 Å². The number of carbonyl (C=O) groups excluding carboxylic acids is 3. The number of hydrogen-bond acceptors (Lipinski definition) is 5. The Hall–Kier alpha value is -4.92. The highest BCUT2D eigenvalue weighted by atomic mass is 19.1. The van der Waals surface area contributed by atoms with Gasteiger partial charge in [-0.1, -0.05) is 42.5 Å². The fraction of sp³-hybridized carbons (Fsp3) is 0.194. The SMILES string of the molecule is O=C(CN(Cc1ccccc1)C(=O)c1ccco1)Nc1ccc(N2CCN(C(=O)c3ccccc3F)CC2)cc1. The Labute approximate surface area is 231 Å². The fourth-order valence-corrected chi connectivity index (χ4v) is 4.66. The van der Waals surface area contributed by atoms with Crippen LogP contribution in [0.1, 0.15) is 26.5 Å². The summed E-state index contributed by atoms with van der Waals surface area (Å²) in [6, 6.07) is 26.1. The minimum atomic E-state index is -0.513. The van der Waals surface area contributed by atoms with Crippen LogP contribution in [0.15, 0.2) is 102 Å². The van der Waals surface area contributed by atoms with Crippen molar-refractivity contribution in [1.82, 2.24) is 9.80 Å². The van der Waals surface area contributed by atoms with Crippen molar-refractivity contribution in [3.8, 4) is 0 Å². The van der Waals surface area contributed by atoms with Crippen LogP contribution in [0.4, 0.5) is 15.8 Å². The zero-order valence-corrected chi connectivity index (χ0v) is 21.8. The number of piperazine rings is 1. The molecule has 204 valence electrons. The number of rotatable bonds is 8. The van der Waals surface area contributed by atoms with Crippen molar-refractivity contribution in [2.24, 2.45) is 0 Å². The molecule has 8 nitrogen and oxygen atoms in total. The van der Waals surface area contributed by atoms with Gasteiger partial charge in [0.25, 0.3) is 11.8 Å². The van der Waals surface area contributed by atoms with Gasteiger partial charge in [-0.2, -0.15) is 0 Å². The van der Waals surface area contributed by atoms with Crippen molar-refractivity contribution < 1.29 is 23.2 Å². The number of carbonyl (C=O) groups is 3. The van der Waals surface area contributed by atoms with E-state index in [9.17, 15) is 18.8 Å². The highest BCUT2D eigenvalue weighted by molar-refractivity contribution is 5.98. The molecule has 9 heteroatoms. The zero-order chi connectivity index (χ0) is 27.9.